The monoisotopic (exact) mass is 215 g/mol. The van der Waals surface area contributed by atoms with Crippen LogP contribution < -0.4 is 11.1 Å². The molecule has 15 heavy (non-hydrogen) atoms. The fourth-order valence-corrected chi connectivity index (χ4v) is 1.19. The number of likely N-dealkylation sites (N-methyl/N-ethyl adjacent to an activating group) is 1. The van der Waals surface area contributed by atoms with Crippen molar-refractivity contribution in [1.29, 1.82) is 0 Å². The summed E-state index contributed by atoms with van der Waals surface area (Å²) in [5.74, 6) is 0.560. The van der Waals surface area contributed by atoms with Gasteiger partial charge in [-0.1, -0.05) is 13.8 Å². The predicted molar refractivity (Wildman–Crippen MR) is 63.6 cm³/mol. The van der Waals surface area contributed by atoms with E-state index >= 15 is 0 Å². The maximum absolute atomic E-state index is 11.7. The van der Waals surface area contributed by atoms with Crippen LogP contribution in [0.5, 0.6) is 0 Å². The van der Waals surface area contributed by atoms with Crippen molar-refractivity contribution in [3.05, 3.63) is 0 Å². The van der Waals surface area contributed by atoms with Gasteiger partial charge in [0.05, 0.1) is 6.04 Å². The minimum absolute atomic E-state index is 0.0755. The first-order chi connectivity index (χ1) is 6.90. The Hall–Kier alpha value is -0.610. The zero-order valence-corrected chi connectivity index (χ0v) is 10.6. The van der Waals surface area contributed by atoms with Gasteiger partial charge in [-0.2, -0.15) is 0 Å². The molecule has 0 aliphatic rings. The van der Waals surface area contributed by atoms with Crippen LogP contribution in [0.1, 0.15) is 27.7 Å². The zero-order valence-electron chi connectivity index (χ0n) is 10.6. The molecule has 0 rings (SSSR count). The summed E-state index contributed by atoms with van der Waals surface area (Å²) in [4.78, 5) is 13.7. The molecule has 2 atom stereocenters. The highest BCUT2D eigenvalue weighted by molar-refractivity contribution is 5.81. The lowest BCUT2D eigenvalue weighted by Crippen LogP contribution is -2.49. The molecule has 0 radical (unpaired) electrons. The summed E-state index contributed by atoms with van der Waals surface area (Å²) in [5.41, 5.74) is 5.56. The van der Waals surface area contributed by atoms with Gasteiger partial charge in [-0.3, -0.25) is 9.69 Å². The van der Waals surface area contributed by atoms with Crippen LogP contribution in [0.2, 0.25) is 0 Å². The van der Waals surface area contributed by atoms with E-state index in [1.807, 2.05) is 25.8 Å². The third-order valence-electron chi connectivity index (χ3n) is 2.71. The number of rotatable bonds is 6. The lowest BCUT2D eigenvalue weighted by Gasteiger charge is -2.29. The second-order valence-electron chi connectivity index (χ2n) is 4.57. The topological polar surface area (TPSA) is 58.4 Å². The third kappa shape index (κ3) is 5.14. The second-order valence-corrected chi connectivity index (χ2v) is 4.57. The van der Waals surface area contributed by atoms with E-state index in [1.165, 1.54) is 0 Å². The van der Waals surface area contributed by atoms with Crippen LogP contribution in [0, 0.1) is 5.92 Å². The Morgan fingerprint density at radius 3 is 2.27 bits per heavy atom. The number of nitrogens with zero attached hydrogens (tertiary/aromatic N) is 1. The molecular weight excluding hydrogens is 190 g/mol. The summed E-state index contributed by atoms with van der Waals surface area (Å²) >= 11 is 0. The van der Waals surface area contributed by atoms with Crippen molar-refractivity contribution < 1.29 is 4.79 Å². The first-order valence-corrected chi connectivity index (χ1v) is 5.59. The molecule has 4 heteroatoms. The van der Waals surface area contributed by atoms with Gasteiger partial charge in [-0.25, -0.2) is 0 Å². The van der Waals surface area contributed by atoms with E-state index in [4.69, 9.17) is 5.73 Å². The quantitative estimate of drug-likeness (QED) is 0.675. The van der Waals surface area contributed by atoms with Crippen LogP contribution in [0.4, 0.5) is 0 Å². The van der Waals surface area contributed by atoms with E-state index in [-0.39, 0.29) is 18.0 Å². The van der Waals surface area contributed by atoms with Crippen LogP contribution in [-0.2, 0) is 4.79 Å². The minimum atomic E-state index is -0.123. The Kier molecular flexibility index (Phi) is 6.52. The van der Waals surface area contributed by atoms with Crippen LogP contribution in [0.25, 0.3) is 0 Å². The van der Waals surface area contributed by atoms with Crippen molar-refractivity contribution in [3.63, 3.8) is 0 Å². The molecular formula is C11H25N3O. The average Bonchev–Trinajstić information content (AvgIpc) is 2.22. The second kappa shape index (κ2) is 6.80. The molecule has 0 saturated carbocycles. The standard InChI is InChI=1S/C11H25N3O/c1-8(2)7-13-11(15)10(4)14(5)9(3)6-12/h8-10H,6-7,12H2,1-5H3,(H,13,15). The lowest BCUT2D eigenvalue weighted by atomic mass is 10.2. The smallest absolute Gasteiger partial charge is 0.237 e. The zero-order chi connectivity index (χ0) is 12.0. The molecule has 2 unspecified atom stereocenters. The Morgan fingerprint density at radius 2 is 1.87 bits per heavy atom. The van der Waals surface area contributed by atoms with Crippen molar-refractivity contribution in [3.8, 4) is 0 Å². The van der Waals surface area contributed by atoms with Gasteiger partial charge < -0.3 is 11.1 Å². The SMILES string of the molecule is CC(C)CNC(=O)C(C)N(C)C(C)CN. The van der Waals surface area contributed by atoms with Crippen molar-refractivity contribution >= 4 is 5.91 Å². The molecule has 0 saturated heterocycles. The number of hydrogen-bond donors (Lipinski definition) is 2. The maximum atomic E-state index is 11.7. The Bertz CT molecular complexity index is 194. The summed E-state index contributed by atoms with van der Waals surface area (Å²) < 4.78 is 0. The van der Waals surface area contributed by atoms with E-state index in [0.29, 0.717) is 12.5 Å². The maximum Gasteiger partial charge on any atom is 0.237 e. The molecule has 90 valence electrons. The molecule has 0 fully saturated rings. The van der Waals surface area contributed by atoms with Gasteiger partial charge in [0.2, 0.25) is 5.91 Å². The van der Waals surface area contributed by atoms with Gasteiger partial charge in [0.15, 0.2) is 0 Å². The van der Waals surface area contributed by atoms with E-state index in [1.54, 1.807) is 0 Å². The van der Waals surface area contributed by atoms with Gasteiger partial charge in [0.1, 0.15) is 0 Å². The van der Waals surface area contributed by atoms with Gasteiger partial charge in [0, 0.05) is 19.1 Å². The van der Waals surface area contributed by atoms with Crippen LogP contribution in [-0.4, -0.2) is 43.0 Å². The van der Waals surface area contributed by atoms with Gasteiger partial charge in [-0.05, 0) is 26.8 Å². The molecule has 0 aromatic heterocycles. The third-order valence-corrected chi connectivity index (χ3v) is 2.71. The Morgan fingerprint density at radius 1 is 1.33 bits per heavy atom. The Labute approximate surface area is 93.2 Å². The predicted octanol–water partition coefficient (Wildman–Crippen LogP) is 0.426. The molecule has 1 amide bonds. The van der Waals surface area contributed by atoms with Crippen molar-refractivity contribution in [2.75, 3.05) is 20.1 Å². The van der Waals surface area contributed by atoms with Crippen LogP contribution >= 0.6 is 0 Å². The summed E-state index contributed by atoms with van der Waals surface area (Å²) in [6.45, 7) is 9.38. The van der Waals surface area contributed by atoms with E-state index < -0.39 is 0 Å². The Balaban J connectivity index is 4.07. The number of nitrogens with one attached hydrogen (secondary N) is 1. The van der Waals surface area contributed by atoms with Gasteiger partial charge in [-0.15, -0.1) is 0 Å². The summed E-state index contributed by atoms with van der Waals surface area (Å²) in [7, 11) is 1.93. The molecule has 0 bridgehead atoms. The molecule has 0 aliphatic carbocycles. The first-order valence-electron chi connectivity index (χ1n) is 5.59. The van der Waals surface area contributed by atoms with Crippen LogP contribution in [0.3, 0.4) is 0 Å². The van der Waals surface area contributed by atoms with Crippen molar-refractivity contribution in [1.82, 2.24) is 10.2 Å². The number of hydrogen-bond acceptors (Lipinski definition) is 3. The highest BCUT2D eigenvalue weighted by Crippen LogP contribution is 2.01. The molecule has 4 nitrogen and oxygen atoms in total. The number of carbonyl (C=O) groups is 1. The normalized spacial score (nSPS) is 15.5. The van der Waals surface area contributed by atoms with Gasteiger partial charge in [0.25, 0.3) is 0 Å². The van der Waals surface area contributed by atoms with Crippen LogP contribution in [0.15, 0.2) is 0 Å². The molecule has 0 aliphatic heterocycles. The summed E-state index contributed by atoms with van der Waals surface area (Å²) in [6.07, 6.45) is 0. The fourth-order valence-electron chi connectivity index (χ4n) is 1.19. The molecule has 3 N–H and O–H groups in total. The number of nitrogens with two attached hydrogens (primary N) is 1. The minimum Gasteiger partial charge on any atom is -0.354 e. The van der Waals surface area contributed by atoms with Gasteiger partial charge >= 0.3 is 0 Å². The van der Waals surface area contributed by atoms with Crippen molar-refractivity contribution in [2.24, 2.45) is 11.7 Å². The summed E-state index contributed by atoms with van der Waals surface area (Å²) in [6, 6.07) is 0.104. The fraction of sp³-hybridized carbons (Fsp3) is 0.909. The molecule has 0 spiro atoms. The first kappa shape index (κ1) is 14.4. The summed E-state index contributed by atoms with van der Waals surface area (Å²) in [5, 5.41) is 2.92. The van der Waals surface area contributed by atoms with E-state index in [9.17, 15) is 4.79 Å². The number of carbonyl (C=O) groups excluding carboxylic acids is 1. The molecule has 0 aromatic carbocycles. The highest BCUT2D eigenvalue weighted by atomic mass is 16.2. The van der Waals surface area contributed by atoms with E-state index in [0.717, 1.165) is 6.54 Å². The lowest BCUT2D eigenvalue weighted by molar-refractivity contribution is -0.126. The largest absolute Gasteiger partial charge is 0.354 e. The molecule has 0 aromatic rings. The number of amides is 1. The van der Waals surface area contributed by atoms with Crippen molar-refractivity contribution in [2.45, 2.75) is 39.8 Å². The van der Waals surface area contributed by atoms with E-state index in [2.05, 4.69) is 19.2 Å². The highest BCUT2D eigenvalue weighted by Gasteiger charge is 2.20. The average molecular weight is 215 g/mol. The molecule has 0 heterocycles.